The predicted molar refractivity (Wildman–Crippen MR) is 2.75 cm³/mol. The van der Waals surface area contributed by atoms with Crippen LogP contribution in [0.25, 0.3) is 0 Å². The van der Waals surface area contributed by atoms with Gasteiger partial charge < -0.3 is 21.9 Å². The van der Waals surface area contributed by atoms with E-state index in [4.69, 9.17) is 0 Å². The van der Waals surface area contributed by atoms with Crippen LogP contribution in [-0.2, 0) is 77.8 Å². The van der Waals surface area contributed by atoms with E-state index in [0.29, 0.717) is 0 Å². The van der Waals surface area contributed by atoms with Crippen molar-refractivity contribution in [1.29, 1.82) is 0 Å². The van der Waals surface area contributed by atoms with Crippen molar-refractivity contribution in [3.63, 3.8) is 0 Å². The van der Waals surface area contributed by atoms with Crippen LogP contribution in [0.5, 0.6) is 0 Å². The summed E-state index contributed by atoms with van der Waals surface area (Å²) < 4.78 is 0. The van der Waals surface area contributed by atoms with E-state index in [1.54, 1.807) is 0 Å². The van der Waals surface area contributed by atoms with Gasteiger partial charge in [-0.3, -0.25) is 0 Å². The minimum absolute atomic E-state index is 0. The number of hydrogen-bond acceptors (Lipinski definition) is 0. The average molecular weight is 224 g/mol. The molecule has 44 valence electrons. The van der Waals surface area contributed by atoms with Crippen LogP contribution < -0.4 is 0 Å². The van der Waals surface area contributed by atoms with Gasteiger partial charge in [-0.2, -0.15) is 0 Å². The van der Waals surface area contributed by atoms with Gasteiger partial charge in [-0.15, -0.1) is 0 Å². The maximum atomic E-state index is 0. The van der Waals surface area contributed by atoms with Crippen molar-refractivity contribution in [1.82, 2.24) is 0 Å². The Hall–Kier alpha value is 1.59. The summed E-state index contributed by atoms with van der Waals surface area (Å²) in [7, 11) is 0. The summed E-state index contributed by atoms with van der Waals surface area (Å²) in [6, 6.07) is 0. The zero-order valence-electron chi connectivity index (χ0n) is 2.84. The van der Waals surface area contributed by atoms with E-state index < -0.39 is 0 Å². The number of rotatable bonds is 0. The zero-order valence-corrected chi connectivity index (χ0v) is 6.61. The van der Waals surface area contributed by atoms with E-state index in [-0.39, 0.29) is 77.8 Å². The fourth-order valence-electron chi connectivity index (χ4n) is 0. The second-order valence-corrected chi connectivity index (χ2v) is 0. The second kappa shape index (κ2) is 130. The average Bonchev–Trinajstić information content (AvgIpc) is 0. The first-order valence-corrected chi connectivity index (χ1v) is 0. The van der Waals surface area contributed by atoms with Crippen LogP contribution in [0.1, 0.15) is 0 Å². The Labute approximate surface area is 77.5 Å². The molecule has 0 aliphatic heterocycles. The topological polar surface area (TPSA) is 114 Å². The molecule has 7 heavy (non-hydrogen) atoms. The Bertz CT molecular complexity index is 9.65. The molecule has 4 nitrogen and oxygen atoms in total. The summed E-state index contributed by atoms with van der Waals surface area (Å²) in [6.07, 6.45) is 0. The SMILES string of the molecule is [Fe+2].[Fe+2].[O-2].[O-2].[O-2].[O-2].[Ti+4]. The van der Waals surface area contributed by atoms with Gasteiger partial charge in [0.1, 0.15) is 0 Å². The maximum absolute atomic E-state index is 0. The molecule has 0 radical (unpaired) electrons. The number of hydrogen-bond donors (Lipinski definition) is 0. The van der Waals surface area contributed by atoms with Crippen molar-refractivity contribution >= 4 is 0 Å². The molecule has 0 spiro atoms. The minimum Gasteiger partial charge on any atom is -2.00 e. The molecule has 7 heteroatoms. The summed E-state index contributed by atoms with van der Waals surface area (Å²) >= 11 is 0. The van der Waals surface area contributed by atoms with Crippen molar-refractivity contribution in [2.75, 3.05) is 0 Å². The molecule has 0 bridgehead atoms. The third-order valence-electron chi connectivity index (χ3n) is 0. The van der Waals surface area contributed by atoms with Crippen LogP contribution in [0, 0.1) is 0 Å². The fraction of sp³-hybridized carbons (Fsp3) is 0. The van der Waals surface area contributed by atoms with E-state index in [0.717, 1.165) is 0 Å². The van der Waals surface area contributed by atoms with Gasteiger partial charge in [0.25, 0.3) is 0 Å². The Morgan fingerprint density at radius 3 is 0.429 bits per heavy atom. The molecule has 0 fully saturated rings. The van der Waals surface area contributed by atoms with Crippen LogP contribution in [0.3, 0.4) is 0 Å². The van der Waals surface area contributed by atoms with E-state index in [1.807, 2.05) is 0 Å². The molecule has 0 N–H and O–H groups in total. The Kier molecular flexibility index (Phi) is 3630. The Morgan fingerprint density at radius 1 is 0.429 bits per heavy atom. The van der Waals surface area contributed by atoms with Crippen molar-refractivity contribution in [3.8, 4) is 0 Å². The Morgan fingerprint density at radius 2 is 0.429 bits per heavy atom. The maximum Gasteiger partial charge on any atom is 4.00 e. The molecule has 0 aliphatic carbocycles. The first kappa shape index (κ1) is 195. The van der Waals surface area contributed by atoms with Crippen molar-refractivity contribution in [2.45, 2.75) is 0 Å². The van der Waals surface area contributed by atoms with Crippen LogP contribution >= 0.6 is 0 Å². The van der Waals surface area contributed by atoms with Gasteiger partial charge in [-0.25, -0.2) is 0 Å². The van der Waals surface area contributed by atoms with Gasteiger partial charge >= 0.3 is 55.9 Å². The molecule has 0 aromatic rings. The third kappa shape index (κ3) is 93.6. The molecule has 0 aliphatic rings. The van der Waals surface area contributed by atoms with Crippen LogP contribution in [-0.4, -0.2) is 0 Å². The predicted octanol–water partition coefficient (Wildman–Crippen LogP) is -0.483. The summed E-state index contributed by atoms with van der Waals surface area (Å²) in [4.78, 5) is 0. The van der Waals surface area contributed by atoms with Gasteiger partial charge in [0, 0.05) is 0 Å². The second-order valence-electron chi connectivity index (χ2n) is 0. The molecule has 0 unspecified atom stereocenters. The first-order chi connectivity index (χ1) is 0. The van der Waals surface area contributed by atoms with E-state index >= 15 is 0 Å². The minimum atomic E-state index is 0. The Balaban J connectivity index is 0. The van der Waals surface area contributed by atoms with E-state index in [1.165, 1.54) is 0 Å². The van der Waals surface area contributed by atoms with Crippen molar-refractivity contribution in [2.24, 2.45) is 0 Å². The van der Waals surface area contributed by atoms with Crippen LogP contribution in [0.15, 0.2) is 0 Å². The normalized spacial score (nSPS) is 0. The quantitative estimate of drug-likeness (QED) is 0.494. The fourth-order valence-corrected chi connectivity index (χ4v) is 0. The van der Waals surface area contributed by atoms with Gasteiger partial charge in [0.2, 0.25) is 0 Å². The largest absolute Gasteiger partial charge is 4.00 e. The first-order valence-electron chi connectivity index (χ1n) is 0. The monoisotopic (exact) mass is 224 g/mol. The summed E-state index contributed by atoms with van der Waals surface area (Å²) in [6.45, 7) is 0. The summed E-state index contributed by atoms with van der Waals surface area (Å²) in [5, 5.41) is 0. The molecule has 0 aromatic carbocycles. The summed E-state index contributed by atoms with van der Waals surface area (Å²) in [5.41, 5.74) is 0. The van der Waals surface area contributed by atoms with Crippen molar-refractivity contribution < 1.29 is 77.8 Å². The molecular formula is Fe2O4Ti. The van der Waals surface area contributed by atoms with Crippen LogP contribution in [0.2, 0.25) is 0 Å². The van der Waals surface area contributed by atoms with Crippen LogP contribution in [0.4, 0.5) is 0 Å². The zero-order chi connectivity index (χ0) is 0. The molecule has 0 saturated carbocycles. The summed E-state index contributed by atoms with van der Waals surface area (Å²) in [5.74, 6) is 0. The van der Waals surface area contributed by atoms with Crippen molar-refractivity contribution in [3.05, 3.63) is 0 Å². The molecule has 0 heterocycles. The molecule has 0 atom stereocenters. The van der Waals surface area contributed by atoms with Gasteiger partial charge in [0.05, 0.1) is 0 Å². The van der Waals surface area contributed by atoms with Gasteiger partial charge in [-0.05, 0) is 0 Å². The molecule has 0 aromatic heterocycles. The molecular weight excluding hydrogens is 224 g/mol. The standard InChI is InChI=1S/2Fe.4O.Ti/q2*+2;4*-2;+4. The van der Waals surface area contributed by atoms with E-state index in [2.05, 4.69) is 0 Å². The van der Waals surface area contributed by atoms with Gasteiger partial charge in [-0.1, -0.05) is 0 Å². The molecule has 0 rings (SSSR count). The molecule has 0 amide bonds. The smallest absolute Gasteiger partial charge is 2.00 e. The third-order valence-corrected chi connectivity index (χ3v) is 0. The van der Waals surface area contributed by atoms with Gasteiger partial charge in [0.15, 0.2) is 0 Å². The van der Waals surface area contributed by atoms with E-state index in [9.17, 15) is 0 Å². The molecule has 0 saturated heterocycles.